The number of aliphatic hydroxyl groups excluding tert-OH is 2. The Morgan fingerprint density at radius 3 is 2.18 bits per heavy atom. The maximum absolute atomic E-state index is 9.20. The van der Waals surface area contributed by atoms with E-state index in [2.05, 4.69) is 0 Å². The van der Waals surface area contributed by atoms with Crippen LogP contribution in [-0.2, 0) is 0 Å². The Morgan fingerprint density at radius 1 is 1.18 bits per heavy atom. The van der Waals surface area contributed by atoms with E-state index in [0.717, 1.165) is 22.6 Å². The summed E-state index contributed by atoms with van der Waals surface area (Å²) in [5.41, 5.74) is 3.19. The average Bonchev–Trinajstić information content (AvgIpc) is 2.33. The van der Waals surface area contributed by atoms with E-state index in [0.29, 0.717) is 0 Å². The summed E-state index contributed by atoms with van der Waals surface area (Å²) in [6.45, 7) is 3.86. The molecule has 96 valence electrons. The molecule has 0 bridgehead atoms. The number of nitrogens with zero attached hydrogens (tertiary/aromatic N) is 1. The monoisotopic (exact) mass is 239 g/mol. The van der Waals surface area contributed by atoms with Gasteiger partial charge in [0.2, 0.25) is 0 Å². The van der Waals surface area contributed by atoms with Gasteiger partial charge >= 0.3 is 0 Å². The molecule has 1 aromatic carbocycles. The van der Waals surface area contributed by atoms with E-state index in [1.807, 2.05) is 37.9 Å². The molecule has 1 rings (SSSR count). The Labute approximate surface area is 102 Å². The highest BCUT2D eigenvalue weighted by Gasteiger charge is 2.17. The highest BCUT2D eigenvalue weighted by Crippen LogP contribution is 2.31. The maximum Gasteiger partial charge on any atom is 0.142 e. The van der Waals surface area contributed by atoms with Crippen molar-refractivity contribution in [3.8, 4) is 5.75 Å². The third-order valence-electron chi connectivity index (χ3n) is 3.14. The number of aliphatic hydroxyl groups is 2. The molecular formula is C13H21NO3. The molecule has 4 nitrogen and oxygen atoms in total. The topological polar surface area (TPSA) is 52.9 Å². The minimum absolute atomic E-state index is 0.0942. The molecule has 0 aliphatic carbocycles. The van der Waals surface area contributed by atoms with Gasteiger partial charge in [0.25, 0.3) is 0 Å². The molecule has 0 aliphatic rings. The number of hydrogen-bond donors (Lipinski definition) is 2. The molecule has 0 unspecified atom stereocenters. The first-order chi connectivity index (χ1) is 8.04. The normalized spacial score (nSPS) is 10.8. The summed E-state index contributed by atoms with van der Waals surface area (Å²) in [6, 6.07) is 3.66. The summed E-state index contributed by atoms with van der Waals surface area (Å²) in [6.07, 6.45) is 0. The molecule has 0 atom stereocenters. The smallest absolute Gasteiger partial charge is 0.142 e. The van der Waals surface area contributed by atoms with Gasteiger partial charge in [-0.1, -0.05) is 0 Å². The highest BCUT2D eigenvalue weighted by atomic mass is 16.5. The Morgan fingerprint density at radius 2 is 1.71 bits per heavy atom. The summed E-state index contributed by atoms with van der Waals surface area (Å²) >= 11 is 0. The van der Waals surface area contributed by atoms with Crippen LogP contribution < -0.4 is 9.64 Å². The predicted octanol–water partition coefficient (Wildman–Crippen LogP) is 1.10. The minimum atomic E-state index is -0.314. The van der Waals surface area contributed by atoms with E-state index in [9.17, 15) is 10.2 Å². The van der Waals surface area contributed by atoms with Crippen molar-refractivity contribution in [2.45, 2.75) is 19.9 Å². The zero-order valence-corrected chi connectivity index (χ0v) is 10.9. The molecule has 0 saturated heterocycles. The average molecular weight is 239 g/mol. The summed E-state index contributed by atoms with van der Waals surface area (Å²) in [7, 11) is 3.46. The molecule has 0 amide bonds. The number of aryl methyl sites for hydroxylation is 2. The first kappa shape index (κ1) is 13.8. The Bertz CT molecular complexity index is 375. The van der Waals surface area contributed by atoms with Crippen LogP contribution in [0.1, 0.15) is 11.1 Å². The third kappa shape index (κ3) is 2.90. The lowest BCUT2D eigenvalue weighted by Gasteiger charge is -2.29. The number of methoxy groups -OCH3 is 1. The molecule has 17 heavy (non-hydrogen) atoms. The van der Waals surface area contributed by atoms with E-state index in [1.165, 1.54) is 0 Å². The molecule has 0 fully saturated rings. The fourth-order valence-electron chi connectivity index (χ4n) is 1.71. The van der Waals surface area contributed by atoms with Crippen molar-refractivity contribution in [2.24, 2.45) is 0 Å². The van der Waals surface area contributed by atoms with Crippen molar-refractivity contribution < 1.29 is 14.9 Å². The van der Waals surface area contributed by atoms with Crippen LogP contribution in [0.5, 0.6) is 5.75 Å². The van der Waals surface area contributed by atoms with Gasteiger partial charge in [-0.15, -0.1) is 0 Å². The number of benzene rings is 1. The van der Waals surface area contributed by atoms with Crippen LogP contribution in [0.25, 0.3) is 0 Å². The quantitative estimate of drug-likeness (QED) is 0.808. The van der Waals surface area contributed by atoms with Gasteiger partial charge in [0.1, 0.15) is 5.75 Å². The van der Waals surface area contributed by atoms with Gasteiger partial charge in [-0.25, -0.2) is 0 Å². The van der Waals surface area contributed by atoms with Crippen LogP contribution >= 0.6 is 0 Å². The number of rotatable bonds is 5. The van der Waals surface area contributed by atoms with Crippen molar-refractivity contribution in [2.75, 3.05) is 32.3 Å². The van der Waals surface area contributed by atoms with E-state index >= 15 is 0 Å². The molecule has 0 aliphatic heterocycles. The summed E-state index contributed by atoms with van der Waals surface area (Å²) in [5, 5.41) is 18.4. The van der Waals surface area contributed by atoms with Gasteiger partial charge in [0.15, 0.2) is 0 Å². The van der Waals surface area contributed by atoms with Crippen LogP contribution in [0, 0.1) is 13.8 Å². The number of anilines is 1. The molecule has 0 heterocycles. The van der Waals surface area contributed by atoms with Crippen LogP contribution in [0.15, 0.2) is 12.1 Å². The van der Waals surface area contributed by atoms with Gasteiger partial charge in [0, 0.05) is 7.05 Å². The van der Waals surface area contributed by atoms with Crippen molar-refractivity contribution >= 4 is 5.69 Å². The molecular weight excluding hydrogens is 218 g/mol. The van der Waals surface area contributed by atoms with Crippen LogP contribution in [-0.4, -0.2) is 43.6 Å². The Hall–Kier alpha value is -1.26. The predicted molar refractivity (Wildman–Crippen MR) is 68.8 cm³/mol. The molecule has 1 aromatic rings. The fraction of sp³-hybridized carbons (Fsp3) is 0.538. The lowest BCUT2D eigenvalue weighted by Crippen LogP contribution is -2.38. The van der Waals surface area contributed by atoms with Crippen LogP contribution in [0.4, 0.5) is 5.69 Å². The standard InChI is InChI=1S/C13H21NO3/c1-9-5-12(13(17-4)6-10(9)2)14(3)11(7-15)8-16/h5-6,11,15-16H,7-8H2,1-4H3. The van der Waals surface area contributed by atoms with Crippen molar-refractivity contribution in [1.82, 2.24) is 0 Å². The number of likely N-dealkylation sites (N-methyl/N-ethyl adjacent to an activating group) is 1. The lowest BCUT2D eigenvalue weighted by atomic mass is 10.1. The molecule has 0 aromatic heterocycles. The molecule has 0 saturated carbocycles. The maximum atomic E-state index is 9.20. The largest absolute Gasteiger partial charge is 0.495 e. The van der Waals surface area contributed by atoms with E-state index in [1.54, 1.807) is 7.11 Å². The zero-order valence-electron chi connectivity index (χ0n) is 10.9. The second-order valence-corrected chi connectivity index (χ2v) is 4.24. The summed E-state index contributed by atoms with van der Waals surface area (Å²) in [5.74, 6) is 0.752. The van der Waals surface area contributed by atoms with Gasteiger partial charge in [-0.3, -0.25) is 0 Å². The minimum Gasteiger partial charge on any atom is -0.495 e. The SMILES string of the molecule is COc1cc(C)c(C)cc1N(C)C(CO)CO. The number of hydrogen-bond acceptors (Lipinski definition) is 4. The third-order valence-corrected chi connectivity index (χ3v) is 3.14. The van der Waals surface area contributed by atoms with Crippen LogP contribution in [0.3, 0.4) is 0 Å². The molecule has 0 radical (unpaired) electrons. The lowest BCUT2D eigenvalue weighted by molar-refractivity contribution is 0.190. The van der Waals surface area contributed by atoms with Gasteiger partial charge in [-0.05, 0) is 37.1 Å². The van der Waals surface area contributed by atoms with Gasteiger partial charge in [-0.2, -0.15) is 0 Å². The van der Waals surface area contributed by atoms with Crippen molar-refractivity contribution in [3.05, 3.63) is 23.3 Å². The summed E-state index contributed by atoms with van der Waals surface area (Å²) < 4.78 is 5.34. The first-order valence-corrected chi connectivity index (χ1v) is 5.65. The van der Waals surface area contributed by atoms with Crippen LogP contribution in [0.2, 0.25) is 0 Å². The Kier molecular flexibility index (Phi) is 4.78. The zero-order chi connectivity index (χ0) is 13.0. The highest BCUT2D eigenvalue weighted by molar-refractivity contribution is 5.62. The number of ether oxygens (including phenoxy) is 1. The Balaban J connectivity index is 3.15. The first-order valence-electron chi connectivity index (χ1n) is 5.65. The molecule has 2 N–H and O–H groups in total. The van der Waals surface area contributed by atoms with E-state index in [4.69, 9.17) is 4.74 Å². The van der Waals surface area contributed by atoms with Crippen molar-refractivity contribution in [1.29, 1.82) is 0 Å². The van der Waals surface area contributed by atoms with Gasteiger partial charge in [0.05, 0.1) is 32.1 Å². The molecule has 4 heteroatoms. The fourth-order valence-corrected chi connectivity index (χ4v) is 1.71. The second-order valence-electron chi connectivity index (χ2n) is 4.24. The molecule has 0 spiro atoms. The summed E-state index contributed by atoms with van der Waals surface area (Å²) in [4.78, 5) is 1.84. The van der Waals surface area contributed by atoms with Crippen molar-refractivity contribution in [3.63, 3.8) is 0 Å². The second kappa shape index (κ2) is 5.89. The van der Waals surface area contributed by atoms with E-state index < -0.39 is 0 Å². The van der Waals surface area contributed by atoms with E-state index in [-0.39, 0.29) is 19.3 Å². The van der Waals surface area contributed by atoms with Gasteiger partial charge < -0.3 is 19.8 Å².